The van der Waals surface area contributed by atoms with Crippen LogP contribution in [0.15, 0.2) is 114 Å². The van der Waals surface area contributed by atoms with E-state index in [-0.39, 0.29) is 31.2 Å². The van der Waals surface area contributed by atoms with Crippen molar-refractivity contribution in [2.75, 3.05) is 0 Å². The number of hydrogen-bond donors (Lipinski definition) is 0. The van der Waals surface area contributed by atoms with Gasteiger partial charge in [0.05, 0.1) is 30.5 Å². The fourth-order valence-corrected chi connectivity index (χ4v) is 10.4. The molecule has 4 aromatic heterocycles. The summed E-state index contributed by atoms with van der Waals surface area (Å²) in [5.41, 5.74) is 12.8. The van der Waals surface area contributed by atoms with Crippen molar-refractivity contribution in [1.82, 2.24) is 19.5 Å². The SMILES string of the molecule is Cc1cccc2oc3[c-]c(-c4nc5ccccc5n4Cc4c(C(C)C)cc(C5C=CC=CC5)cc4C(C)C)cnc3c12.[2H]C([2H])([2H])c1cc[c-]c(-c2cc(C([2H])(C)C)c([Si](C)(C)C)cn2)c1F.[Ir]. The summed E-state index contributed by atoms with van der Waals surface area (Å²) in [5.74, 6) is 0.361. The molecular weight excluding hydrogens is 984 g/mol. The molecule has 5 nitrogen and oxygen atoms in total. The van der Waals surface area contributed by atoms with Crippen LogP contribution in [-0.4, -0.2) is 27.6 Å². The molecule has 1 radical (unpaired) electrons. The van der Waals surface area contributed by atoms with Crippen LogP contribution in [0.3, 0.4) is 0 Å². The Bertz CT molecular complexity index is 3180. The second-order valence-corrected chi connectivity index (χ2v) is 23.7. The molecule has 0 spiro atoms. The number of allylic oxidation sites excluding steroid dienone is 4. The number of imidazole rings is 1. The first-order chi connectivity index (χ1) is 31.6. The summed E-state index contributed by atoms with van der Waals surface area (Å²) < 4.78 is 54.2. The second-order valence-electron chi connectivity index (χ2n) is 18.6. The standard InChI is InChI=1S/C38H36N3O.C18H23FNSi.Ir/c1-23(2)29-18-27(26-13-7-6-8-14-26)19-30(24(3)4)31(29)22-41-33-16-10-9-15-32(33)40-38(41)28-20-35-37(39-21-28)36-25(5)12-11-17-34(36)42-35;1-12(2)15-10-16(20-11-17(15)21(4,5)6)14-9-7-8-13(3)18(14)19;/h6-13,15-19,21,23-24,26H,14,22H2,1-5H3;7-8,10-12H,1-6H3;/q2*-1;/i;3D3,12D;. The maximum absolute atomic E-state index is 14.7. The number of aromatic nitrogens is 4. The third-order valence-corrected chi connectivity index (χ3v) is 14.1. The van der Waals surface area contributed by atoms with E-state index < -0.39 is 26.6 Å². The zero-order valence-electron chi connectivity index (χ0n) is 42.4. The van der Waals surface area contributed by atoms with Gasteiger partial charge in [0.1, 0.15) is 5.58 Å². The van der Waals surface area contributed by atoms with Crippen LogP contribution < -0.4 is 5.19 Å². The molecule has 0 saturated heterocycles. The number of fused-ring (bicyclic) bond motifs is 4. The maximum Gasteiger partial charge on any atom is 0.125 e. The van der Waals surface area contributed by atoms with E-state index in [1.54, 1.807) is 26.1 Å². The molecule has 0 bridgehead atoms. The van der Waals surface area contributed by atoms with Crippen LogP contribution in [0, 0.1) is 31.7 Å². The van der Waals surface area contributed by atoms with E-state index in [0.717, 1.165) is 68.2 Å². The third kappa shape index (κ3) is 9.29. The van der Waals surface area contributed by atoms with Gasteiger partial charge < -0.3 is 19.0 Å². The first kappa shape index (κ1) is 41.4. The zero-order chi connectivity index (χ0) is 48.2. The zero-order valence-corrected chi connectivity index (χ0v) is 41.8. The predicted octanol–water partition coefficient (Wildman–Crippen LogP) is 14.7. The molecule has 0 amide bonds. The van der Waals surface area contributed by atoms with Gasteiger partial charge in [0.15, 0.2) is 0 Å². The summed E-state index contributed by atoms with van der Waals surface area (Å²) in [4.78, 5) is 14.4. The van der Waals surface area contributed by atoms with Gasteiger partial charge >= 0.3 is 0 Å². The van der Waals surface area contributed by atoms with Gasteiger partial charge in [-0.3, -0.25) is 9.37 Å². The van der Waals surface area contributed by atoms with E-state index >= 15 is 0 Å². The molecule has 9 rings (SSSR count). The van der Waals surface area contributed by atoms with Gasteiger partial charge in [0, 0.05) is 61.0 Å². The molecule has 1 unspecified atom stereocenters. The molecule has 8 aromatic rings. The van der Waals surface area contributed by atoms with Gasteiger partial charge in [-0.15, -0.1) is 18.2 Å². The summed E-state index contributed by atoms with van der Waals surface area (Å²) in [5, 5.41) is 2.10. The van der Waals surface area contributed by atoms with Crippen molar-refractivity contribution >= 4 is 46.4 Å². The third-order valence-electron chi connectivity index (χ3n) is 12.1. The van der Waals surface area contributed by atoms with Crippen molar-refractivity contribution in [2.45, 2.75) is 112 Å². The minimum atomic E-state index is -2.54. The Morgan fingerprint density at radius 3 is 2.33 bits per heavy atom. The number of benzene rings is 4. The molecule has 4 aromatic carbocycles. The fourth-order valence-electron chi connectivity index (χ4n) is 8.77. The summed E-state index contributed by atoms with van der Waals surface area (Å²) in [6, 6.07) is 30.1. The normalized spacial score (nSPS) is 15.2. The van der Waals surface area contributed by atoms with Crippen LogP contribution in [0.25, 0.3) is 55.7 Å². The average molecular weight is 1050 g/mol. The molecule has 0 saturated carbocycles. The number of pyridine rings is 2. The molecular formula is C56H59FIrN4OSi-2. The van der Waals surface area contributed by atoms with Crippen LogP contribution in [0.5, 0.6) is 0 Å². The molecule has 64 heavy (non-hydrogen) atoms. The Hall–Kier alpha value is -5.27. The van der Waals surface area contributed by atoms with E-state index in [1.807, 2.05) is 18.3 Å². The van der Waals surface area contributed by atoms with Crippen molar-refractivity contribution in [3.05, 3.63) is 166 Å². The molecule has 1 aliphatic carbocycles. The maximum atomic E-state index is 14.7. The smallest absolute Gasteiger partial charge is 0.125 e. The molecule has 8 heteroatoms. The van der Waals surface area contributed by atoms with Gasteiger partial charge in [-0.2, -0.15) is 0 Å². The quantitative estimate of drug-likeness (QED) is 0.107. The van der Waals surface area contributed by atoms with E-state index in [2.05, 4.69) is 143 Å². The summed E-state index contributed by atoms with van der Waals surface area (Å²) in [7, 11) is -1.74. The molecule has 1 atom stereocenters. The second kappa shape index (κ2) is 19.1. The Labute approximate surface area is 399 Å². The van der Waals surface area contributed by atoms with Crippen molar-refractivity contribution in [1.29, 1.82) is 0 Å². The van der Waals surface area contributed by atoms with E-state index in [4.69, 9.17) is 19.9 Å². The average Bonchev–Trinajstić information content (AvgIpc) is 3.84. The predicted molar refractivity (Wildman–Crippen MR) is 263 cm³/mol. The van der Waals surface area contributed by atoms with Gasteiger partial charge in [-0.25, -0.2) is 0 Å². The first-order valence-corrected chi connectivity index (χ1v) is 25.5. The minimum absolute atomic E-state index is 0. The van der Waals surface area contributed by atoms with Crippen LogP contribution in [0.4, 0.5) is 4.39 Å². The largest absolute Gasteiger partial charge is 0.475 e. The van der Waals surface area contributed by atoms with Crippen molar-refractivity contribution < 1.29 is 34.4 Å². The van der Waals surface area contributed by atoms with Gasteiger partial charge in [-0.05, 0) is 88.0 Å². The topological polar surface area (TPSA) is 56.7 Å². The monoisotopic (exact) mass is 1050 g/mol. The number of rotatable bonds is 9. The van der Waals surface area contributed by atoms with E-state index in [9.17, 15) is 4.39 Å². The van der Waals surface area contributed by atoms with E-state index in [0.29, 0.717) is 29.0 Å². The van der Waals surface area contributed by atoms with Gasteiger partial charge in [0.2, 0.25) is 0 Å². The molecule has 331 valence electrons. The molecule has 0 aliphatic heterocycles. The van der Waals surface area contributed by atoms with Crippen LogP contribution in [0.1, 0.15) is 116 Å². The Balaban J connectivity index is 0.000000227. The van der Waals surface area contributed by atoms with Crippen LogP contribution >= 0.6 is 0 Å². The first-order valence-electron chi connectivity index (χ1n) is 24.0. The number of furan rings is 1. The number of para-hydroxylation sites is 2. The summed E-state index contributed by atoms with van der Waals surface area (Å²) in [6.07, 6.45) is 13.6. The summed E-state index contributed by atoms with van der Waals surface area (Å²) in [6.45, 7) is 19.6. The molecule has 1 aliphatic rings. The van der Waals surface area contributed by atoms with E-state index in [1.165, 1.54) is 34.4 Å². The van der Waals surface area contributed by atoms with Crippen molar-refractivity contribution in [3.8, 4) is 22.6 Å². The van der Waals surface area contributed by atoms with Crippen LogP contribution in [-0.2, 0) is 26.7 Å². The summed E-state index contributed by atoms with van der Waals surface area (Å²) >= 11 is 0. The van der Waals surface area contributed by atoms with Gasteiger partial charge in [0.25, 0.3) is 0 Å². The Kier molecular flexibility index (Phi) is 12.3. The Morgan fingerprint density at radius 1 is 0.906 bits per heavy atom. The molecule has 0 fully saturated rings. The molecule has 4 heterocycles. The van der Waals surface area contributed by atoms with Crippen LogP contribution in [0.2, 0.25) is 19.6 Å². The van der Waals surface area contributed by atoms with Gasteiger partial charge in [-0.1, -0.05) is 169 Å². The van der Waals surface area contributed by atoms with Crippen molar-refractivity contribution in [3.63, 3.8) is 0 Å². The number of halogens is 1. The molecule has 0 N–H and O–H groups in total. The minimum Gasteiger partial charge on any atom is -0.475 e. The number of hydrogen-bond acceptors (Lipinski definition) is 4. The Morgan fingerprint density at radius 2 is 1.66 bits per heavy atom. The number of aryl methyl sites for hydroxylation is 2. The van der Waals surface area contributed by atoms with Crippen molar-refractivity contribution in [2.24, 2.45) is 0 Å². The fraction of sp³-hybridized carbons (Fsp3) is 0.304. The number of nitrogens with zero attached hydrogens (tertiary/aromatic N) is 4.